The lowest BCUT2D eigenvalue weighted by atomic mass is 10.4. The van der Waals surface area contributed by atoms with E-state index in [4.69, 9.17) is 11.6 Å². The molecule has 10 heavy (non-hydrogen) atoms. The first kappa shape index (κ1) is 9.48. The van der Waals surface area contributed by atoms with Crippen LogP contribution in [0.15, 0.2) is 18.2 Å². The average molecular weight is 251 g/mol. The summed E-state index contributed by atoms with van der Waals surface area (Å²) < 4.78 is 1.44. The van der Waals surface area contributed by atoms with E-state index in [2.05, 4.69) is 0 Å². The fourth-order valence-corrected chi connectivity index (χ4v) is 0.650. The zero-order valence-electron chi connectivity index (χ0n) is 5.71. The predicted octanol–water partition coefficient (Wildman–Crippen LogP) is -3.42. The highest BCUT2D eigenvalue weighted by Crippen LogP contribution is 1.92. The van der Waals surface area contributed by atoms with Crippen molar-refractivity contribution in [2.45, 2.75) is 6.92 Å². The highest BCUT2D eigenvalue weighted by molar-refractivity contribution is 5.20. The number of hydrogen-bond acceptors (Lipinski definition) is 2. The molecule has 1 aromatic rings. The summed E-state index contributed by atoms with van der Waals surface area (Å²) >= 11 is 0. The first-order valence-electron chi connectivity index (χ1n) is 2.74. The predicted molar refractivity (Wildman–Crippen MR) is 35.9 cm³/mol. The summed E-state index contributed by atoms with van der Waals surface area (Å²) in [6.45, 7) is 1.90. The van der Waals surface area contributed by atoms with Crippen molar-refractivity contribution in [2.75, 3.05) is 11.6 Å². The highest BCUT2D eigenvalue weighted by atomic mass is 127. The molecule has 4 heteroatoms. The van der Waals surface area contributed by atoms with Crippen LogP contribution < -0.4 is 40.2 Å². The Morgan fingerprint density at radius 1 is 1.40 bits per heavy atom. The quantitative estimate of drug-likeness (QED) is 0.287. The van der Waals surface area contributed by atoms with Crippen molar-refractivity contribution in [3.8, 4) is 0 Å². The molecule has 4 N–H and O–H groups in total. The molecule has 0 aliphatic rings. The summed E-state index contributed by atoms with van der Waals surface area (Å²) in [6, 6.07) is 5.53. The minimum atomic E-state index is 0. The van der Waals surface area contributed by atoms with Crippen molar-refractivity contribution in [3.63, 3.8) is 0 Å². The van der Waals surface area contributed by atoms with Crippen molar-refractivity contribution < 1.29 is 28.7 Å². The van der Waals surface area contributed by atoms with E-state index in [1.807, 2.05) is 19.1 Å². The van der Waals surface area contributed by atoms with Gasteiger partial charge in [0, 0.05) is 13.0 Å². The van der Waals surface area contributed by atoms with Crippen molar-refractivity contribution in [3.05, 3.63) is 23.9 Å². The van der Waals surface area contributed by atoms with E-state index in [0.29, 0.717) is 5.82 Å². The molecule has 0 saturated carbocycles. The molecule has 0 amide bonds. The molecule has 1 aromatic heterocycles. The van der Waals surface area contributed by atoms with E-state index >= 15 is 0 Å². The van der Waals surface area contributed by atoms with Crippen LogP contribution in [0.1, 0.15) is 5.69 Å². The van der Waals surface area contributed by atoms with Gasteiger partial charge in [-0.1, -0.05) is 6.07 Å². The van der Waals surface area contributed by atoms with Gasteiger partial charge in [0.15, 0.2) is 0 Å². The summed E-state index contributed by atoms with van der Waals surface area (Å²) in [5, 5.41) is 0. The monoisotopic (exact) mass is 251 g/mol. The lowest BCUT2D eigenvalue weighted by molar-refractivity contribution is -0.630. The Balaban J connectivity index is 0.000000810. The number of rotatable bonds is 0. The van der Waals surface area contributed by atoms with Gasteiger partial charge in [-0.3, -0.25) is 11.6 Å². The third kappa shape index (κ3) is 1.73. The van der Waals surface area contributed by atoms with E-state index in [1.54, 1.807) is 6.07 Å². The van der Waals surface area contributed by atoms with Crippen molar-refractivity contribution >= 4 is 5.82 Å². The van der Waals surface area contributed by atoms with Crippen molar-refractivity contribution in [1.82, 2.24) is 0 Å². The fourth-order valence-electron chi connectivity index (χ4n) is 0.650. The maximum atomic E-state index is 5.47. The van der Waals surface area contributed by atoms with Gasteiger partial charge in [-0.05, 0) is 6.07 Å². The topological polar surface area (TPSA) is 55.9 Å². The van der Waals surface area contributed by atoms with Gasteiger partial charge in [0.2, 0.25) is 0 Å². The number of nitrogens with zero attached hydrogens (tertiary/aromatic N) is 1. The number of pyridine rings is 1. The van der Waals surface area contributed by atoms with Crippen molar-refractivity contribution in [2.24, 2.45) is 0 Å². The number of hydrogen-bond donors (Lipinski definition) is 2. The number of anilines is 1. The van der Waals surface area contributed by atoms with Crippen molar-refractivity contribution in [1.29, 1.82) is 0 Å². The van der Waals surface area contributed by atoms with E-state index in [0.717, 1.165) is 5.69 Å². The van der Waals surface area contributed by atoms with Crippen LogP contribution in [0.2, 0.25) is 0 Å². The maximum absolute atomic E-state index is 5.47. The van der Waals surface area contributed by atoms with Crippen LogP contribution in [0, 0.1) is 6.92 Å². The number of aromatic nitrogens is 1. The third-order valence-electron chi connectivity index (χ3n) is 1.26. The Kier molecular flexibility index (Phi) is 3.41. The molecular weight excluding hydrogens is 241 g/mol. The minimum Gasteiger partial charge on any atom is -1.00 e. The van der Waals surface area contributed by atoms with Gasteiger partial charge in [-0.2, -0.15) is 0 Å². The highest BCUT2D eigenvalue weighted by Gasteiger charge is 1.99. The van der Waals surface area contributed by atoms with E-state index in [1.165, 1.54) is 4.68 Å². The molecule has 1 heterocycles. The van der Waals surface area contributed by atoms with E-state index < -0.39 is 0 Å². The third-order valence-corrected chi connectivity index (χ3v) is 1.26. The summed E-state index contributed by atoms with van der Waals surface area (Å²) in [7, 11) is 0. The van der Waals surface area contributed by atoms with Gasteiger partial charge in [-0.15, -0.1) is 4.68 Å². The molecular formula is C6H10IN3. The maximum Gasteiger partial charge on any atom is 0.295 e. The molecule has 0 unspecified atom stereocenters. The van der Waals surface area contributed by atoms with Crippen LogP contribution in [0.25, 0.3) is 0 Å². The van der Waals surface area contributed by atoms with Crippen LogP contribution in [0.3, 0.4) is 0 Å². The summed E-state index contributed by atoms with van der Waals surface area (Å²) in [6.07, 6.45) is 0. The number of aryl methyl sites for hydroxylation is 1. The van der Waals surface area contributed by atoms with Crippen LogP contribution in [-0.4, -0.2) is 0 Å². The molecule has 0 aromatic carbocycles. The first-order valence-corrected chi connectivity index (χ1v) is 2.74. The van der Waals surface area contributed by atoms with E-state index in [-0.39, 0.29) is 24.0 Å². The summed E-state index contributed by atoms with van der Waals surface area (Å²) in [4.78, 5) is 0. The van der Waals surface area contributed by atoms with Crippen LogP contribution in [0.4, 0.5) is 5.82 Å². The fraction of sp³-hybridized carbons (Fsp3) is 0.167. The minimum absolute atomic E-state index is 0. The second-order valence-electron chi connectivity index (χ2n) is 1.96. The van der Waals surface area contributed by atoms with Gasteiger partial charge in [0.05, 0.1) is 0 Å². The Hall–Kier alpha value is -0.520. The van der Waals surface area contributed by atoms with E-state index in [9.17, 15) is 0 Å². The molecule has 0 aliphatic carbocycles. The molecule has 1 rings (SSSR count). The first-order chi connectivity index (χ1) is 4.22. The van der Waals surface area contributed by atoms with Crippen LogP contribution in [0.5, 0.6) is 0 Å². The number of nitrogen functional groups attached to an aromatic ring is 2. The lowest BCUT2D eigenvalue weighted by Gasteiger charge is -1.96. The second-order valence-corrected chi connectivity index (χ2v) is 1.96. The van der Waals surface area contributed by atoms with Gasteiger partial charge < -0.3 is 24.0 Å². The van der Waals surface area contributed by atoms with Gasteiger partial charge >= 0.3 is 0 Å². The van der Waals surface area contributed by atoms with Gasteiger partial charge in [-0.25, -0.2) is 0 Å². The number of halogens is 1. The zero-order valence-corrected chi connectivity index (χ0v) is 7.87. The Morgan fingerprint density at radius 3 is 2.40 bits per heavy atom. The zero-order chi connectivity index (χ0) is 6.85. The van der Waals surface area contributed by atoms with Crippen LogP contribution in [-0.2, 0) is 0 Å². The summed E-state index contributed by atoms with van der Waals surface area (Å²) in [5.41, 5.74) is 6.41. The number of nitrogens with two attached hydrogens (primary N) is 2. The Bertz CT molecular complexity index is 204. The van der Waals surface area contributed by atoms with Crippen LogP contribution >= 0.6 is 0 Å². The smallest absolute Gasteiger partial charge is 0.295 e. The lowest BCUT2D eigenvalue weighted by Crippen LogP contribution is -3.00. The molecule has 0 saturated heterocycles. The standard InChI is InChI=1S/C6H9N3.HI/c1-5-3-2-4-6(7)9(5)8;/h2-4,7H,8H2,1H3;1H. The molecule has 0 aliphatic heterocycles. The largest absolute Gasteiger partial charge is 1.00 e. The molecule has 0 spiro atoms. The molecule has 0 atom stereocenters. The Morgan fingerprint density at radius 2 is 2.00 bits per heavy atom. The molecule has 0 radical (unpaired) electrons. The normalized spacial score (nSPS) is 8.50. The molecule has 3 nitrogen and oxygen atoms in total. The second kappa shape index (κ2) is 3.60. The SMILES string of the molecule is Cc1cccc(N)[n+]1N.[I-]. The van der Waals surface area contributed by atoms with Gasteiger partial charge in [0.1, 0.15) is 5.69 Å². The average Bonchev–Trinajstić information content (AvgIpc) is 1.83. The summed E-state index contributed by atoms with van der Waals surface area (Å²) in [5.74, 6) is 6.05. The molecule has 0 bridgehead atoms. The molecule has 56 valence electrons. The molecule has 0 fully saturated rings. The Labute approximate surface area is 77.0 Å². The van der Waals surface area contributed by atoms with Gasteiger partial charge in [0.25, 0.3) is 5.82 Å².